The number of carbonyl (C=O) groups excluding carboxylic acids is 1. The number of imidazole rings is 1. The van der Waals surface area contributed by atoms with Crippen LogP contribution in [0.1, 0.15) is 23.7 Å². The smallest absolute Gasteiger partial charge is 0.257 e. The number of carbonyl (C=O) groups is 1. The minimum atomic E-state index is -0.172. The molecule has 5 nitrogen and oxygen atoms in total. The van der Waals surface area contributed by atoms with Gasteiger partial charge in [0.05, 0.1) is 17.6 Å². The Labute approximate surface area is 139 Å². The number of aryl methyl sites for hydroxylation is 1. The van der Waals surface area contributed by atoms with E-state index in [0.717, 1.165) is 28.4 Å². The van der Waals surface area contributed by atoms with Crippen LogP contribution in [0.2, 0.25) is 0 Å². The fourth-order valence-corrected chi connectivity index (χ4v) is 3.12. The molecule has 2 heterocycles. The summed E-state index contributed by atoms with van der Waals surface area (Å²) < 4.78 is 1.83. The molecule has 0 unspecified atom stereocenters. The van der Waals surface area contributed by atoms with Crippen LogP contribution in [-0.2, 0) is 7.05 Å². The summed E-state index contributed by atoms with van der Waals surface area (Å²) >= 11 is 1.74. The van der Waals surface area contributed by atoms with Crippen molar-refractivity contribution in [3.63, 3.8) is 0 Å². The Bertz CT molecular complexity index is 843. The predicted octanol–water partition coefficient (Wildman–Crippen LogP) is 3.72. The fraction of sp³-hybridized carbons (Fsp3) is 0.235. The molecule has 1 aromatic carbocycles. The van der Waals surface area contributed by atoms with Crippen LogP contribution >= 0.6 is 11.8 Å². The molecule has 0 bridgehead atoms. The summed E-state index contributed by atoms with van der Waals surface area (Å²) in [6, 6.07) is 9.61. The molecule has 1 amide bonds. The predicted molar refractivity (Wildman–Crippen MR) is 93.9 cm³/mol. The van der Waals surface area contributed by atoms with Gasteiger partial charge in [0, 0.05) is 18.1 Å². The molecular weight excluding hydrogens is 308 g/mol. The number of nitrogens with zero attached hydrogens (tertiary/aromatic N) is 3. The SMILES string of the molecule is CCCSc1ccccc1NC(=O)c1cnc2c(c1)ncn2C. The highest BCUT2D eigenvalue weighted by molar-refractivity contribution is 7.99. The first-order valence-corrected chi connectivity index (χ1v) is 8.48. The molecule has 0 aliphatic heterocycles. The zero-order valence-corrected chi connectivity index (χ0v) is 13.9. The number of amides is 1. The summed E-state index contributed by atoms with van der Waals surface area (Å²) in [6.07, 6.45) is 4.37. The molecule has 0 fully saturated rings. The number of pyridine rings is 1. The Kier molecular flexibility index (Phi) is 4.62. The molecule has 0 spiro atoms. The van der Waals surface area contributed by atoms with Crippen LogP contribution in [0, 0.1) is 0 Å². The molecule has 2 aromatic heterocycles. The highest BCUT2D eigenvalue weighted by Gasteiger charge is 2.12. The molecule has 118 valence electrons. The third kappa shape index (κ3) is 3.37. The first kappa shape index (κ1) is 15.6. The molecule has 3 aromatic rings. The van der Waals surface area contributed by atoms with Crippen LogP contribution in [0.25, 0.3) is 11.2 Å². The van der Waals surface area contributed by atoms with E-state index in [2.05, 4.69) is 22.2 Å². The number of rotatable bonds is 5. The molecule has 0 aliphatic carbocycles. The molecule has 0 aliphatic rings. The Morgan fingerprint density at radius 1 is 1.30 bits per heavy atom. The van der Waals surface area contributed by atoms with Gasteiger partial charge in [-0.05, 0) is 30.4 Å². The van der Waals surface area contributed by atoms with Gasteiger partial charge in [-0.15, -0.1) is 11.8 Å². The zero-order valence-electron chi connectivity index (χ0n) is 13.1. The minimum absolute atomic E-state index is 0.172. The Morgan fingerprint density at radius 3 is 2.96 bits per heavy atom. The standard InChI is InChI=1S/C17H18N4OS/c1-3-8-23-15-7-5-4-6-13(15)20-17(22)12-9-14-16(18-10-12)21(2)11-19-14/h4-7,9-11H,3,8H2,1-2H3,(H,20,22). The van der Waals surface area contributed by atoms with Crippen molar-refractivity contribution in [1.29, 1.82) is 0 Å². The molecule has 1 N–H and O–H groups in total. The van der Waals surface area contributed by atoms with Crippen molar-refractivity contribution < 1.29 is 4.79 Å². The van der Waals surface area contributed by atoms with E-state index in [1.54, 1.807) is 30.4 Å². The van der Waals surface area contributed by atoms with Crippen molar-refractivity contribution in [3.05, 3.63) is 48.4 Å². The number of nitrogens with one attached hydrogen (secondary N) is 1. The first-order valence-electron chi connectivity index (χ1n) is 7.49. The van der Waals surface area contributed by atoms with E-state index in [4.69, 9.17) is 0 Å². The average Bonchev–Trinajstić information content (AvgIpc) is 2.94. The molecular formula is C17H18N4OS. The maximum Gasteiger partial charge on any atom is 0.257 e. The second-order valence-corrected chi connectivity index (χ2v) is 6.36. The van der Waals surface area contributed by atoms with Crippen molar-refractivity contribution in [2.24, 2.45) is 7.05 Å². The number of hydrogen-bond acceptors (Lipinski definition) is 4. The van der Waals surface area contributed by atoms with Gasteiger partial charge in [-0.1, -0.05) is 19.1 Å². The van der Waals surface area contributed by atoms with Crippen LogP contribution in [-0.4, -0.2) is 26.2 Å². The highest BCUT2D eigenvalue weighted by atomic mass is 32.2. The normalized spacial score (nSPS) is 10.9. The van der Waals surface area contributed by atoms with E-state index in [9.17, 15) is 4.79 Å². The van der Waals surface area contributed by atoms with E-state index < -0.39 is 0 Å². The van der Waals surface area contributed by atoms with Gasteiger partial charge in [0.25, 0.3) is 5.91 Å². The maximum absolute atomic E-state index is 12.5. The van der Waals surface area contributed by atoms with Crippen LogP contribution < -0.4 is 5.32 Å². The number of hydrogen-bond donors (Lipinski definition) is 1. The highest BCUT2D eigenvalue weighted by Crippen LogP contribution is 2.27. The van der Waals surface area contributed by atoms with Gasteiger partial charge in [-0.3, -0.25) is 4.79 Å². The number of fused-ring (bicyclic) bond motifs is 1. The largest absolute Gasteiger partial charge is 0.321 e. The molecule has 0 atom stereocenters. The third-order valence-corrected chi connectivity index (χ3v) is 4.69. The minimum Gasteiger partial charge on any atom is -0.321 e. The van der Waals surface area contributed by atoms with Crippen molar-refractivity contribution in [2.75, 3.05) is 11.1 Å². The van der Waals surface area contributed by atoms with Crippen molar-refractivity contribution >= 4 is 34.5 Å². The van der Waals surface area contributed by atoms with Gasteiger partial charge in [-0.2, -0.15) is 0 Å². The second kappa shape index (κ2) is 6.83. The lowest BCUT2D eigenvalue weighted by Gasteiger charge is -2.10. The lowest BCUT2D eigenvalue weighted by molar-refractivity contribution is 0.102. The Morgan fingerprint density at radius 2 is 2.13 bits per heavy atom. The quantitative estimate of drug-likeness (QED) is 0.726. The Hall–Kier alpha value is -2.34. The molecule has 0 saturated carbocycles. The zero-order chi connectivity index (χ0) is 16.2. The lowest BCUT2D eigenvalue weighted by Crippen LogP contribution is -2.13. The van der Waals surface area contributed by atoms with Gasteiger partial charge in [0.2, 0.25) is 0 Å². The number of aromatic nitrogens is 3. The molecule has 0 radical (unpaired) electrons. The fourth-order valence-electron chi connectivity index (χ4n) is 2.24. The van der Waals surface area contributed by atoms with Gasteiger partial charge in [0.1, 0.15) is 5.52 Å². The summed E-state index contributed by atoms with van der Waals surface area (Å²) in [4.78, 5) is 22.1. The average molecular weight is 326 g/mol. The van der Waals surface area contributed by atoms with E-state index in [0.29, 0.717) is 11.1 Å². The summed E-state index contributed by atoms with van der Waals surface area (Å²) in [5.74, 6) is 0.850. The third-order valence-electron chi connectivity index (χ3n) is 3.41. The van der Waals surface area contributed by atoms with E-state index in [-0.39, 0.29) is 5.91 Å². The monoisotopic (exact) mass is 326 g/mol. The summed E-state index contributed by atoms with van der Waals surface area (Å²) in [5, 5.41) is 2.97. The second-order valence-electron chi connectivity index (χ2n) is 5.22. The van der Waals surface area contributed by atoms with E-state index in [1.165, 1.54) is 0 Å². The topological polar surface area (TPSA) is 59.8 Å². The lowest BCUT2D eigenvalue weighted by atomic mass is 10.2. The van der Waals surface area contributed by atoms with Crippen molar-refractivity contribution in [2.45, 2.75) is 18.2 Å². The van der Waals surface area contributed by atoms with Crippen LogP contribution in [0.5, 0.6) is 0 Å². The van der Waals surface area contributed by atoms with Gasteiger partial charge < -0.3 is 9.88 Å². The summed E-state index contributed by atoms with van der Waals surface area (Å²) in [5.41, 5.74) is 2.82. The number of benzene rings is 1. The molecule has 0 saturated heterocycles. The summed E-state index contributed by atoms with van der Waals surface area (Å²) in [7, 11) is 1.88. The van der Waals surface area contributed by atoms with Gasteiger partial charge in [-0.25, -0.2) is 9.97 Å². The van der Waals surface area contributed by atoms with E-state index in [1.807, 2.05) is 35.9 Å². The van der Waals surface area contributed by atoms with Gasteiger partial charge in [0.15, 0.2) is 5.65 Å². The molecule has 6 heteroatoms. The van der Waals surface area contributed by atoms with Crippen LogP contribution in [0.15, 0.2) is 47.8 Å². The molecule has 3 rings (SSSR count). The van der Waals surface area contributed by atoms with Crippen molar-refractivity contribution in [1.82, 2.24) is 14.5 Å². The van der Waals surface area contributed by atoms with Crippen LogP contribution in [0.3, 0.4) is 0 Å². The number of thioether (sulfide) groups is 1. The number of para-hydroxylation sites is 1. The van der Waals surface area contributed by atoms with Crippen molar-refractivity contribution in [3.8, 4) is 0 Å². The first-order chi connectivity index (χ1) is 11.2. The maximum atomic E-state index is 12.5. The van der Waals surface area contributed by atoms with Gasteiger partial charge >= 0.3 is 0 Å². The van der Waals surface area contributed by atoms with E-state index >= 15 is 0 Å². The Balaban J connectivity index is 1.83. The number of anilines is 1. The summed E-state index contributed by atoms with van der Waals surface area (Å²) in [6.45, 7) is 2.14. The van der Waals surface area contributed by atoms with Crippen LogP contribution in [0.4, 0.5) is 5.69 Å². The molecule has 23 heavy (non-hydrogen) atoms.